The van der Waals surface area contributed by atoms with Crippen LogP contribution in [0.15, 0.2) is 49.6 Å². The average Bonchev–Trinajstić information content (AvgIpc) is 3.51. The molecule has 0 N–H and O–H groups in total. The Morgan fingerprint density at radius 1 is 0.765 bits per heavy atom. The molecule has 10 heteroatoms. The van der Waals surface area contributed by atoms with Crippen LogP contribution in [0, 0.1) is 0 Å². The zero-order valence-corrected chi connectivity index (χ0v) is 25.5. The third-order valence-corrected chi connectivity index (χ3v) is 16.9. The van der Waals surface area contributed by atoms with E-state index in [0.717, 1.165) is 46.0 Å². The van der Waals surface area contributed by atoms with Crippen LogP contribution >= 0.6 is 94.1 Å². The molecule has 3 rings (SSSR count). The molecule has 0 bridgehead atoms. The van der Waals surface area contributed by atoms with Crippen LogP contribution in [0.4, 0.5) is 0 Å². The minimum Gasteiger partial charge on any atom is -0.282 e. The van der Waals surface area contributed by atoms with Gasteiger partial charge in [0.15, 0.2) is 0 Å². The maximum absolute atomic E-state index is 11.4. The molecule has 0 amide bonds. The van der Waals surface area contributed by atoms with Crippen molar-refractivity contribution in [2.24, 2.45) is 0 Å². The van der Waals surface area contributed by atoms with Crippen LogP contribution in [0.2, 0.25) is 0 Å². The Bertz CT molecular complexity index is 749. The molecule has 2 saturated heterocycles. The third-order valence-electron chi connectivity index (χ3n) is 4.85. The Balaban J connectivity index is 1.25. The summed E-state index contributed by atoms with van der Waals surface area (Å²) in [6, 6.07) is 9.12. The van der Waals surface area contributed by atoms with Crippen molar-refractivity contribution in [3.05, 3.63) is 60.7 Å². The van der Waals surface area contributed by atoms with Crippen LogP contribution in [-0.2, 0) is 21.1 Å². The van der Waals surface area contributed by atoms with Crippen LogP contribution in [-0.4, -0.2) is 64.4 Å². The highest BCUT2D eigenvalue weighted by molar-refractivity contribution is 8.23. The van der Waals surface area contributed by atoms with Gasteiger partial charge in [-0.2, -0.15) is 23.5 Å². The molecule has 0 saturated carbocycles. The lowest BCUT2D eigenvalue weighted by atomic mass is 10.2. The molecule has 1 aromatic carbocycles. The van der Waals surface area contributed by atoms with Crippen molar-refractivity contribution in [1.29, 1.82) is 0 Å². The van der Waals surface area contributed by atoms with Crippen molar-refractivity contribution in [3.63, 3.8) is 0 Å². The lowest BCUT2D eigenvalue weighted by Crippen LogP contribution is -2.07. The Morgan fingerprint density at radius 2 is 1.18 bits per heavy atom. The molecule has 1 aromatic rings. The van der Waals surface area contributed by atoms with E-state index in [1.54, 1.807) is 0 Å². The summed E-state index contributed by atoms with van der Waals surface area (Å²) < 4.78 is 1.27. The minimum atomic E-state index is 0.0862. The van der Waals surface area contributed by atoms with Gasteiger partial charge in [-0.3, -0.25) is 9.59 Å². The molecule has 2 aliphatic heterocycles. The smallest absolute Gasteiger partial charge is 0.211 e. The van der Waals surface area contributed by atoms with Gasteiger partial charge in [-0.25, -0.2) is 0 Å². The van der Waals surface area contributed by atoms with Gasteiger partial charge in [0, 0.05) is 56.5 Å². The lowest BCUT2D eigenvalue weighted by Gasteiger charge is -2.11. The summed E-state index contributed by atoms with van der Waals surface area (Å²) >= 11 is 15.0. The molecule has 34 heavy (non-hydrogen) atoms. The fraction of sp³-hybridized carbons (Fsp3) is 0.500. The highest BCUT2D eigenvalue weighted by atomic mass is 32.2. The molecule has 2 aliphatic rings. The summed E-state index contributed by atoms with van der Waals surface area (Å²) in [4.78, 5) is 22.8. The molecular weight excluding hydrogens is 577 g/mol. The van der Waals surface area contributed by atoms with Crippen molar-refractivity contribution in [2.45, 2.75) is 31.2 Å². The first-order chi connectivity index (χ1) is 16.6. The van der Waals surface area contributed by atoms with Crippen molar-refractivity contribution in [3.8, 4) is 0 Å². The first kappa shape index (κ1) is 29.4. The van der Waals surface area contributed by atoms with Gasteiger partial charge >= 0.3 is 0 Å². The normalized spacial score (nSPS) is 24.2. The molecule has 2 fully saturated rings. The summed E-state index contributed by atoms with van der Waals surface area (Å²) in [5, 5.41) is 1.33. The van der Waals surface area contributed by atoms with Crippen LogP contribution in [0.3, 0.4) is 0 Å². The fourth-order valence-corrected chi connectivity index (χ4v) is 14.7. The summed E-state index contributed by atoms with van der Waals surface area (Å²) in [5.41, 5.74) is 2.79. The Labute approximate surface area is 238 Å². The second-order valence-corrected chi connectivity index (χ2v) is 17.8. The standard InChI is InChI=1S/C24H30O2S8/c1-3-21(25)29-11-19-13-31-23(33-19)15-27-9-17-5-7-18(8-6-17)10-28-16-24-32-14-20(34-24)12-30-22(26)4-2/h3-8,19-20,23-24H,1-2,9-16H2. The van der Waals surface area contributed by atoms with E-state index >= 15 is 0 Å². The van der Waals surface area contributed by atoms with Gasteiger partial charge in [-0.15, -0.1) is 47.0 Å². The monoisotopic (exact) mass is 606 g/mol. The molecule has 186 valence electrons. The number of carbonyl (C=O) groups excluding carboxylic acids is 2. The quantitative estimate of drug-likeness (QED) is 0.200. The van der Waals surface area contributed by atoms with Crippen LogP contribution in [0.25, 0.3) is 0 Å². The summed E-state index contributed by atoms with van der Waals surface area (Å²) in [6.07, 6.45) is 2.82. The van der Waals surface area contributed by atoms with Crippen molar-refractivity contribution in [2.75, 3.05) is 34.5 Å². The second kappa shape index (κ2) is 16.6. The van der Waals surface area contributed by atoms with E-state index in [2.05, 4.69) is 37.4 Å². The van der Waals surface area contributed by atoms with E-state index in [1.165, 1.54) is 46.8 Å². The lowest BCUT2D eigenvalue weighted by molar-refractivity contribution is -0.107. The predicted octanol–water partition coefficient (Wildman–Crippen LogP) is 7.39. The zero-order valence-electron chi connectivity index (χ0n) is 18.9. The highest BCUT2D eigenvalue weighted by Crippen LogP contribution is 2.42. The van der Waals surface area contributed by atoms with Gasteiger partial charge in [-0.1, -0.05) is 60.9 Å². The van der Waals surface area contributed by atoms with Crippen molar-refractivity contribution in [1.82, 2.24) is 0 Å². The molecule has 4 unspecified atom stereocenters. The summed E-state index contributed by atoms with van der Waals surface area (Å²) in [7, 11) is 0. The first-order valence-electron chi connectivity index (χ1n) is 10.9. The number of thioether (sulfide) groups is 8. The summed E-state index contributed by atoms with van der Waals surface area (Å²) in [6.45, 7) is 7.08. The topological polar surface area (TPSA) is 34.1 Å². The summed E-state index contributed by atoms with van der Waals surface area (Å²) in [5.74, 6) is 8.52. The van der Waals surface area contributed by atoms with Crippen molar-refractivity contribution < 1.29 is 9.59 Å². The number of rotatable bonds is 14. The number of hydrogen-bond donors (Lipinski definition) is 0. The van der Waals surface area contributed by atoms with Gasteiger partial charge in [0.05, 0.1) is 9.16 Å². The SMILES string of the molecule is C=CC(=O)SCC1CSC(CSCc2ccc(CSCC3SCC(CSC(=O)C=C)S3)cc2)S1. The molecule has 4 atom stereocenters. The maximum atomic E-state index is 11.4. The van der Waals surface area contributed by atoms with E-state index in [0.29, 0.717) is 19.7 Å². The largest absolute Gasteiger partial charge is 0.282 e. The van der Waals surface area contributed by atoms with Gasteiger partial charge in [0.2, 0.25) is 10.2 Å². The molecule has 0 spiro atoms. The molecule has 0 aliphatic carbocycles. The Hall–Kier alpha value is 0.840. The Kier molecular flexibility index (Phi) is 14.4. The first-order valence-corrected chi connectivity index (χ1v) is 19.2. The van der Waals surface area contributed by atoms with E-state index < -0.39 is 0 Å². The third kappa shape index (κ3) is 11.1. The van der Waals surface area contributed by atoms with E-state index in [1.807, 2.05) is 70.6 Å². The zero-order chi connectivity index (χ0) is 24.2. The van der Waals surface area contributed by atoms with Gasteiger partial charge in [-0.05, 0) is 23.3 Å². The number of carbonyl (C=O) groups is 2. The molecular formula is C24H30O2S8. The van der Waals surface area contributed by atoms with Gasteiger partial charge in [0.1, 0.15) is 0 Å². The maximum Gasteiger partial charge on any atom is 0.211 e. The Morgan fingerprint density at radius 3 is 1.56 bits per heavy atom. The van der Waals surface area contributed by atoms with Gasteiger partial charge in [0.25, 0.3) is 0 Å². The van der Waals surface area contributed by atoms with E-state index in [-0.39, 0.29) is 10.2 Å². The van der Waals surface area contributed by atoms with Crippen LogP contribution < -0.4 is 0 Å². The molecule has 2 nitrogen and oxygen atoms in total. The highest BCUT2D eigenvalue weighted by Gasteiger charge is 2.27. The second-order valence-electron chi connectivity index (χ2n) is 7.56. The van der Waals surface area contributed by atoms with Crippen molar-refractivity contribution >= 4 is 104 Å². The average molecular weight is 607 g/mol. The number of hydrogen-bond acceptors (Lipinski definition) is 10. The fourth-order valence-electron chi connectivity index (χ4n) is 3.11. The van der Waals surface area contributed by atoms with E-state index in [9.17, 15) is 9.59 Å². The molecule has 0 radical (unpaired) electrons. The predicted molar refractivity (Wildman–Crippen MR) is 169 cm³/mol. The van der Waals surface area contributed by atoms with Crippen LogP contribution in [0.5, 0.6) is 0 Å². The minimum absolute atomic E-state index is 0.0862. The van der Waals surface area contributed by atoms with Crippen LogP contribution in [0.1, 0.15) is 11.1 Å². The molecule has 2 heterocycles. The van der Waals surface area contributed by atoms with Gasteiger partial charge < -0.3 is 0 Å². The van der Waals surface area contributed by atoms with E-state index in [4.69, 9.17) is 0 Å². The molecule has 0 aromatic heterocycles. The number of benzene rings is 1.